The van der Waals surface area contributed by atoms with E-state index in [0.29, 0.717) is 5.92 Å². The Morgan fingerprint density at radius 1 is 1.35 bits per heavy atom. The quantitative estimate of drug-likeness (QED) is 0.890. The molecule has 0 aliphatic carbocycles. The maximum atomic E-state index is 5.54. The van der Waals surface area contributed by atoms with Crippen molar-refractivity contribution in [2.45, 2.75) is 39.8 Å². The summed E-state index contributed by atoms with van der Waals surface area (Å²) in [5, 5.41) is 12.1. The first kappa shape index (κ1) is 15.2. The number of rotatable bonds is 5. The van der Waals surface area contributed by atoms with Crippen LogP contribution in [0.25, 0.3) is 0 Å². The molecule has 0 unspecified atom stereocenters. The first-order chi connectivity index (χ1) is 9.49. The van der Waals surface area contributed by atoms with E-state index in [1.807, 2.05) is 0 Å². The van der Waals surface area contributed by atoms with Gasteiger partial charge in [0.15, 0.2) is 5.82 Å². The Morgan fingerprint density at radius 2 is 2.15 bits per heavy atom. The number of morpholine rings is 1. The molecule has 1 aromatic heterocycles. The van der Waals surface area contributed by atoms with Crippen molar-refractivity contribution in [2.75, 3.05) is 31.2 Å². The van der Waals surface area contributed by atoms with Crippen LogP contribution in [0.1, 0.15) is 33.4 Å². The highest BCUT2D eigenvalue weighted by atomic mass is 16.5. The Hall–Kier alpha value is -1.20. The van der Waals surface area contributed by atoms with E-state index in [2.05, 4.69) is 60.2 Å². The Kier molecular flexibility index (Phi) is 4.94. The number of hydrogen-bond donors (Lipinski definition) is 1. The summed E-state index contributed by atoms with van der Waals surface area (Å²) in [7, 11) is 0. The number of nitrogens with one attached hydrogen (secondary N) is 1. The Balaban J connectivity index is 1.97. The van der Waals surface area contributed by atoms with E-state index in [0.717, 1.165) is 44.4 Å². The second-order valence-electron chi connectivity index (χ2n) is 6.42. The first-order valence-electron chi connectivity index (χ1n) is 7.38. The van der Waals surface area contributed by atoms with Gasteiger partial charge in [-0.2, -0.15) is 5.10 Å². The monoisotopic (exact) mass is 278 g/mol. The summed E-state index contributed by atoms with van der Waals surface area (Å²) < 4.78 is 5.54. The van der Waals surface area contributed by atoms with E-state index >= 15 is 0 Å². The van der Waals surface area contributed by atoms with Gasteiger partial charge in [-0.3, -0.25) is 0 Å². The van der Waals surface area contributed by atoms with E-state index in [-0.39, 0.29) is 5.54 Å². The highest BCUT2D eigenvalue weighted by molar-refractivity contribution is 5.41. The average Bonchev–Trinajstić information content (AvgIpc) is 2.39. The van der Waals surface area contributed by atoms with Gasteiger partial charge in [0.1, 0.15) is 0 Å². The largest absolute Gasteiger partial charge is 0.377 e. The van der Waals surface area contributed by atoms with Crippen LogP contribution < -0.4 is 10.2 Å². The van der Waals surface area contributed by atoms with E-state index in [1.165, 1.54) is 0 Å². The third-order valence-corrected chi connectivity index (χ3v) is 3.49. The lowest BCUT2D eigenvalue weighted by atomic mass is 10.0. The van der Waals surface area contributed by atoms with Gasteiger partial charge in [-0.05, 0) is 38.4 Å². The molecule has 0 bridgehead atoms. The lowest BCUT2D eigenvalue weighted by Crippen LogP contribution is -2.53. The van der Waals surface area contributed by atoms with Crippen LogP contribution in [-0.4, -0.2) is 42.0 Å². The fourth-order valence-electron chi connectivity index (χ4n) is 2.36. The van der Waals surface area contributed by atoms with Gasteiger partial charge >= 0.3 is 0 Å². The van der Waals surface area contributed by atoms with Gasteiger partial charge in [0.05, 0.1) is 24.4 Å². The maximum Gasteiger partial charge on any atom is 0.151 e. The molecule has 1 aromatic rings. The second-order valence-corrected chi connectivity index (χ2v) is 6.42. The molecule has 5 heteroatoms. The van der Waals surface area contributed by atoms with Crippen molar-refractivity contribution in [3.63, 3.8) is 0 Å². The molecule has 1 saturated heterocycles. The highest BCUT2D eigenvalue weighted by Gasteiger charge is 2.31. The van der Waals surface area contributed by atoms with Crippen LogP contribution in [0.5, 0.6) is 0 Å². The summed E-state index contributed by atoms with van der Waals surface area (Å²) in [6, 6.07) is 4.12. The van der Waals surface area contributed by atoms with Crippen molar-refractivity contribution in [3.8, 4) is 0 Å². The SMILES string of the molecule is CC(C)CNCc1ccc(N2CCOCC2(C)C)nn1. The van der Waals surface area contributed by atoms with E-state index in [9.17, 15) is 0 Å². The van der Waals surface area contributed by atoms with Crippen LogP contribution in [-0.2, 0) is 11.3 Å². The third-order valence-electron chi connectivity index (χ3n) is 3.49. The van der Waals surface area contributed by atoms with Gasteiger partial charge in [0.25, 0.3) is 0 Å². The summed E-state index contributed by atoms with van der Waals surface area (Å²) in [6.45, 7) is 12.9. The molecule has 1 aliphatic rings. The van der Waals surface area contributed by atoms with E-state index in [4.69, 9.17) is 4.74 Å². The molecule has 0 radical (unpaired) electrons. The summed E-state index contributed by atoms with van der Waals surface area (Å²) in [4.78, 5) is 2.27. The minimum Gasteiger partial charge on any atom is -0.377 e. The predicted molar refractivity (Wildman–Crippen MR) is 80.8 cm³/mol. The van der Waals surface area contributed by atoms with E-state index in [1.54, 1.807) is 0 Å². The van der Waals surface area contributed by atoms with Crippen molar-refractivity contribution >= 4 is 5.82 Å². The van der Waals surface area contributed by atoms with Crippen molar-refractivity contribution in [1.29, 1.82) is 0 Å². The second kappa shape index (κ2) is 6.50. The van der Waals surface area contributed by atoms with Crippen molar-refractivity contribution in [1.82, 2.24) is 15.5 Å². The normalized spacial score (nSPS) is 18.6. The molecule has 2 rings (SSSR count). The van der Waals surface area contributed by atoms with Crippen LogP contribution in [0, 0.1) is 5.92 Å². The van der Waals surface area contributed by atoms with Gasteiger partial charge in [-0.1, -0.05) is 13.8 Å². The molecule has 0 spiro atoms. The zero-order valence-corrected chi connectivity index (χ0v) is 13.0. The Labute approximate surface area is 121 Å². The number of ether oxygens (including phenoxy) is 1. The molecule has 0 aromatic carbocycles. The van der Waals surface area contributed by atoms with Gasteiger partial charge in [-0.15, -0.1) is 5.10 Å². The Morgan fingerprint density at radius 3 is 2.75 bits per heavy atom. The molecule has 20 heavy (non-hydrogen) atoms. The number of hydrogen-bond acceptors (Lipinski definition) is 5. The highest BCUT2D eigenvalue weighted by Crippen LogP contribution is 2.24. The van der Waals surface area contributed by atoms with Gasteiger partial charge in [-0.25, -0.2) is 0 Å². The minimum absolute atomic E-state index is 0.0235. The van der Waals surface area contributed by atoms with Crippen molar-refractivity contribution in [3.05, 3.63) is 17.8 Å². The third kappa shape index (κ3) is 3.90. The van der Waals surface area contributed by atoms with E-state index < -0.39 is 0 Å². The van der Waals surface area contributed by atoms with Crippen molar-refractivity contribution < 1.29 is 4.74 Å². The molecular formula is C15H26N4O. The molecule has 0 atom stereocenters. The molecule has 5 nitrogen and oxygen atoms in total. The van der Waals surface area contributed by atoms with Crippen LogP contribution in [0.2, 0.25) is 0 Å². The van der Waals surface area contributed by atoms with Gasteiger partial charge < -0.3 is 15.0 Å². The molecule has 1 aliphatic heterocycles. The standard InChI is InChI=1S/C15H26N4O/c1-12(2)9-16-10-13-5-6-14(18-17-13)19-7-8-20-11-15(19,3)4/h5-6,12,16H,7-11H2,1-4H3. The van der Waals surface area contributed by atoms with Gasteiger partial charge in [0.2, 0.25) is 0 Å². The smallest absolute Gasteiger partial charge is 0.151 e. The van der Waals surface area contributed by atoms with Gasteiger partial charge in [0, 0.05) is 13.1 Å². The zero-order chi connectivity index (χ0) is 14.6. The van der Waals surface area contributed by atoms with Crippen LogP contribution in [0.15, 0.2) is 12.1 Å². The Bertz CT molecular complexity index is 416. The summed E-state index contributed by atoms with van der Waals surface area (Å²) in [5.41, 5.74) is 0.963. The molecule has 112 valence electrons. The maximum absolute atomic E-state index is 5.54. The molecule has 1 N–H and O–H groups in total. The first-order valence-corrected chi connectivity index (χ1v) is 7.38. The summed E-state index contributed by atoms with van der Waals surface area (Å²) in [6.07, 6.45) is 0. The number of nitrogens with zero attached hydrogens (tertiary/aromatic N) is 3. The fourth-order valence-corrected chi connectivity index (χ4v) is 2.36. The lowest BCUT2D eigenvalue weighted by Gasteiger charge is -2.42. The molecule has 0 amide bonds. The van der Waals surface area contributed by atoms with Crippen LogP contribution >= 0.6 is 0 Å². The number of anilines is 1. The minimum atomic E-state index is -0.0235. The molecular weight excluding hydrogens is 252 g/mol. The van der Waals surface area contributed by atoms with Crippen LogP contribution in [0.4, 0.5) is 5.82 Å². The molecule has 2 heterocycles. The lowest BCUT2D eigenvalue weighted by molar-refractivity contribution is 0.0638. The topological polar surface area (TPSA) is 50.3 Å². The van der Waals surface area contributed by atoms with Crippen LogP contribution in [0.3, 0.4) is 0 Å². The summed E-state index contributed by atoms with van der Waals surface area (Å²) in [5.74, 6) is 1.59. The predicted octanol–water partition coefficient (Wildman–Crippen LogP) is 1.84. The van der Waals surface area contributed by atoms with Crippen molar-refractivity contribution in [2.24, 2.45) is 5.92 Å². The molecule has 0 saturated carbocycles. The summed E-state index contributed by atoms with van der Waals surface area (Å²) >= 11 is 0. The zero-order valence-electron chi connectivity index (χ0n) is 13.0. The number of aromatic nitrogens is 2. The molecule has 1 fully saturated rings. The average molecular weight is 278 g/mol. The fraction of sp³-hybridized carbons (Fsp3) is 0.733.